The number of hydrogen-bond donors (Lipinski definition) is 1. The maximum absolute atomic E-state index is 13.0. The number of nitrogens with one attached hydrogen (secondary N) is 1. The van der Waals surface area contributed by atoms with Crippen LogP contribution < -0.4 is 5.32 Å². The van der Waals surface area contributed by atoms with Crippen LogP contribution in [-0.4, -0.2) is 58.5 Å². The topological polar surface area (TPSA) is 59.4 Å². The third-order valence-electron chi connectivity index (χ3n) is 6.05. The van der Waals surface area contributed by atoms with E-state index in [1.807, 2.05) is 4.68 Å². The first-order valence-electron chi connectivity index (χ1n) is 10.8. The summed E-state index contributed by atoms with van der Waals surface area (Å²) >= 11 is 0. The van der Waals surface area contributed by atoms with Gasteiger partial charge in [-0.2, -0.15) is 5.10 Å². The van der Waals surface area contributed by atoms with Crippen LogP contribution in [0.5, 0.6) is 0 Å². The van der Waals surface area contributed by atoms with Crippen molar-refractivity contribution in [3.63, 3.8) is 0 Å². The number of ether oxygens (including phenoxy) is 1. The Morgan fingerprint density at radius 1 is 1.21 bits per heavy atom. The number of aryl methyl sites for hydroxylation is 1. The van der Waals surface area contributed by atoms with Gasteiger partial charge in [-0.05, 0) is 59.1 Å². The lowest BCUT2D eigenvalue weighted by Gasteiger charge is -2.38. The van der Waals surface area contributed by atoms with Crippen molar-refractivity contribution in [1.82, 2.24) is 20.0 Å². The summed E-state index contributed by atoms with van der Waals surface area (Å²) < 4.78 is 7.79. The highest BCUT2D eigenvalue weighted by atomic mass is 16.5. The number of rotatable bonds is 5. The largest absolute Gasteiger partial charge is 0.373 e. The minimum Gasteiger partial charge on any atom is -0.373 e. The molecule has 6 heteroatoms. The fraction of sp³-hybridized carbons (Fsp3) is 0.565. The van der Waals surface area contributed by atoms with E-state index in [0.29, 0.717) is 12.2 Å². The molecule has 2 aliphatic rings. The molecule has 1 amide bonds. The van der Waals surface area contributed by atoms with Crippen LogP contribution in [0, 0.1) is 6.92 Å². The number of nitrogens with zero attached hydrogens (tertiary/aromatic N) is 3. The van der Waals surface area contributed by atoms with Crippen LogP contribution >= 0.6 is 0 Å². The van der Waals surface area contributed by atoms with E-state index in [-0.39, 0.29) is 24.2 Å². The molecule has 156 valence electrons. The number of benzene rings is 1. The van der Waals surface area contributed by atoms with Crippen LogP contribution in [0.4, 0.5) is 0 Å². The third kappa shape index (κ3) is 4.23. The molecule has 1 aliphatic heterocycles. The van der Waals surface area contributed by atoms with Gasteiger partial charge in [0.2, 0.25) is 0 Å². The zero-order valence-electron chi connectivity index (χ0n) is 17.9. The van der Waals surface area contributed by atoms with E-state index in [1.54, 1.807) is 0 Å². The lowest BCUT2D eigenvalue weighted by atomic mass is 10.1. The molecule has 2 heterocycles. The van der Waals surface area contributed by atoms with Gasteiger partial charge in [-0.3, -0.25) is 9.69 Å². The Morgan fingerprint density at radius 3 is 2.59 bits per heavy atom. The lowest BCUT2D eigenvalue weighted by molar-refractivity contribution is -0.0778. The molecule has 1 N–H and O–H groups in total. The van der Waals surface area contributed by atoms with Gasteiger partial charge in [0.25, 0.3) is 5.91 Å². The van der Waals surface area contributed by atoms with Crippen molar-refractivity contribution in [3.05, 3.63) is 46.8 Å². The molecule has 0 radical (unpaired) electrons. The minimum absolute atomic E-state index is 0.0600. The number of aromatic nitrogens is 2. The van der Waals surface area contributed by atoms with E-state index in [9.17, 15) is 4.79 Å². The van der Waals surface area contributed by atoms with E-state index in [1.165, 1.54) is 11.3 Å². The van der Waals surface area contributed by atoms with Crippen LogP contribution in [0.1, 0.15) is 54.5 Å². The average molecular weight is 397 g/mol. The Balaban J connectivity index is 1.46. The fourth-order valence-corrected chi connectivity index (χ4v) is 4.55. The number of amides is 1. The summed E-state index contributed by atoms with van der Waals surface area (Å²) in [4.78, 5) is 15.4. The summed E-state index contributed by atoms with van der Waals surface area (Å²) in [6, 6.07) is 8.59. The van der Waals surface area contributed by atoms with Gasteiger partial charge in [0.1, 0.15) is 0 Å². The summed E-state index contributed by atoms with van der Waals surface area (Å²) in [5, 5.41) is 7.85. The van der Waals surface area contributed by atoms with Crippen LogP contribution in [0.15, 0.2) is 24.3 Å². The zero-order chi connectivity index (χ0) is 20.5. The SMILES string of the molecule is Cc1ccc(-n2nc(C(=O)NCC(C)N3CC(C)OC(C)C3)c3c2CCC3)cc1. The van der Waals surface area contributed by atoms with Gasteiger partial charge >= 0.3 is 0 Å². The molecule has 1 fully saturated rings. The highest BCUT2D eigenvalue weighted by Gasteiger charge is 2.29. The maximum Gasteiger partial charge on any atom is 0.272 e. The van der Waals surface area contributed by atoms with Crippen molar-refractivity contribution < 1.29 is 9.53 Å². The van der Waals surface area contributed by atoms with E-state index < -0.39 is 0 Å². The maximum atomic E-state index is 13.0. The first-order valence-corrected chi connectivity index (χ1v) is 10.8. The van der Waals surface area contributed by atoms with Gasteiger partial charge in [-0.15, -0.1) is 0 Å². The predicted molar refractivity (Wildman–Crippen MR) is 114 cm³/mol. The number of carbonyl (C=O) groups is 1. The molecule has 29 heavy (non-hydrogen) atoms. The molecule has 2 aromatic rings. The highest BCUT2D eigenvalue weighted by molar-refractivity contribution is 5.94. The number of carbonyl (C=O) groups excluding carboxylic acids is 1. The van der Waals surface area contributed by atoms with Crippen LogP contribution in [0.2, 0.25) is 0 Å². The van der Waals surface area contributed by atoms with E-state index in [4.69, 9.17) is 9.84 Å². The lowest BCUT2D eigenvalue weighted by Crippen LogP contribution is -2.52. The molecule has 1 saturated heterocycles. The Bertz CT molecular complexity index is 864. The second-order valence-corrected chi connectivity index (χ2v) is 8.65. The van der Waals surface area contributed by atoms with Crippen molar-refractivity contribution in [1.29, 1.82) is 0 Å². The molecule has 1 aliphatic carbocycles. The molecule has 3 unspecified atom stereocenters. The molecule has 6 nitrogen and oxygen atoms in total. The zero-order valence-corrected chi connectivity index (χ0v) is 17.9. The second kappa shape index (κ2) is 8.28. The van der Waals surface area contributed by atoms with Crippen molar-refractivity contribution in [2.75, 3.05) is 19.6 Å². The van der Waals surface area contributed by atoms with Gasteiger partial charge < -0.3 is 10.1 Å². The molecule has 1 aromatic carbocycles. The summed E-state index contributed by atoms with van der Waals surface area (Å²) in [6.07, 6.45) is 3.44. The molecule has 4 rings (SSSR count). The highest BCUT2D eigenvalue weighted by Crippen LogP contribution is 2.28. The Labute approximate surface area is 173 Å². The first-order chi connectivity index (χ1) is 13.9. The van der Waals surface area contributed by atoms with Gasteiger partial charge in [0, 0.05) is 36.9 Å². The number of fused-ring (bicyclic) bond motifs is 1. The molecule has 1 aromatic heterocycles. The quantitative estimate of drug-likeness (QED) is 0.844. The Kier molecular flexibility index (Phi) is 5.74. The first kappa shape index (κ1) is 20.1. The van der Waals surface area contributed by atoms with Crippen molar-refractivity contribution >= 4 is 5.91 Å². The van der Waals surface area contributed by atoms with Gasteiger partial charge in [-0.1, -0.05) is 17.7 Å². The van der Waals surface area contributed by atoms with Crippen molar-refractivity contribution in [3.8, 4) is 5.69 Å². The number of hydrogen-bond acceptors (Lipinski definition) is 4. The number of morpholine rings is 1. The van der Waals surface area contributed by atoms with Crippen molar-refractivity contribution in [2.24, 2.45) is 0 Å². The van der Waals surface area contributed by atoms with Crippen molar-refractivity contribution in [2.45, 2.75) is 65.2 Å². The molecule has 0 saturated carbocycles. The molecule has 3 atom stereocenters. The Hall–Kier alpha value is -2.18. The van der Waals surface area contributed by atoms with Crippen LogP contribution in [0.25, 0.3) is 5.69 Å². The van der Waals surface area contributed by atoms with E-state index in [0.717, 1.165) is 43.6 Å². The van der Waals surface area contributed by atoms with E-state index >= 15 is 0 Å². The second-order valence-electron chi connectivity index (χ2n) is 8.65. The van der Waals surface area contributed by atoms with E-state index in [2.05, 4.69) is 62.2 Å². The van der Waals surface area contributed by atoms with Gasteiger partial charge in [0.05, 0.1) is 17.9 Å². The molecule has 0 bridgehead atoms. The summed E-state index contributed by atoms with van der Waals surface area (Å²) in [5.74, 6) is -0.0600. The van der Waals surface area contributed by atoms with Gasteiger partial charge in [-0.25, -0.2) is 4.68 Å². The minimum atomic E-state index is -0.0600. The van der Waals surface area contributed by atoms with Crippen LogP contribution in [0.3, 0.4) is 0 Å². The monoisotopic (exact) mass is 396 g/mol. The van der Waals surface area contributed by atoms with Gasteiger partial charge in [0.15, 0.2) is 5.69 Å². The van der Waals surface area contributed by atoms with Crippen LogP contribution in [-0.2, 0) is 17.6 Å². The Morgan fingerprint density at radius 2 is 1.90 bits per heavy atom. The molecule has 0 spiro atoms. The third-order valence-corrected chi connectivity index (χ3v) is 6.05. The molecular formula is C23H32N4O2. The predicted octanol–water partition coefficient (Wildman–Crippen LogP) is 2.90. The smallest absolute Gasteiger partial charge is 0.272 e. The standard InChI is InChI=1S/C23H32N4O2/c1-15-8-10-19(11-9-15)27-21-7-5-6-20(21)22(25-27)23(28)24-12-16(2)26-13-17(3)29-18(4)14-26/h8-11,16-18H,5-7,12-14H2,1-4H3,(H,24,28). The average Bonchev–Trinajstić information content (AvgIpc) is 3.28. The summed E-state index contributed by atoms with van der Waals surface area (Å²) in [7, 11) is 0. The summed E-state index contributed by atoms with van der Waals surface area (Å²) in [6.45, 7) is 10.9. The summed E-state index contributed by atoms with van der Waals surface area (Å²) in [5.41, 5.74) is 5.13. The molecular weight excluding hydrogens is 364 g/mol. The normalized spacial score (nSPS) is 23.0. The fourth-order valence-electron chi connectivity index (χ4n) is 4.55.